The predicted molar refractivity (Wildman–Crippen MR) is 55.4 cm³/mol. The fourth-order valence-electron chi connectivity index (χ4n) is 1.45. The first-order valence-corrected chi connectivity index (χ1v) is 4.42. The van der Waals surface area contributed by atoms with E-state index in [2.05, 4.69) is 15.4 Å². The standard InChI is InChI=1S/C9H10N4O2/c1-10-8-6(9(14)15)5-12-13(8)7-3-2-4-11-7/h2-5,7,10H,1H3,(H,14,15). The van der Waals surface area contributed by atoms with Gasteiger partial charge in [-0.15, -0.1) is 0 Å². The lowest BCUT2D eigenvalue weighted by atomic mass is 10.3. The molecule has 2 rings (SSSR count). The molecule has 1 aliphatic heterocycles. The molecule has 6 nitrogen and oxygen atoms in total. The number of carboxylic acid groups (broad SMARTS) is 1. The van der Waals surface area contributed by atoms with Gasteiger partial charge in [-0.3, -0.25) is 4.99 Å². The molecule has 0 spiro atoms. The second kappa shape index (κ2) is 3.56. The number of hydrogen-bond acceptors (Lipinski definition) is 4. The highest BCUT2D eigenvalue weighted by Crippen LogP contribution is 2.22. The molecule has 0 saturated heterocycles. The summed E-state index contributed by atoms with van der Waals surface area (Å²) >= 11 is 0. The predicted octanol–water partition coefficient (Wildman–Crippen LogP) is 0.762. The van der Waals surface area contributed by atoms with Crippen LogP contribution in [0.15, 0.2) is 23.3 Å². The molecule has 2 heterocycles. The van der Waals surface area contributed by atoms with Crippen LogP contribution in [0.25, 0.3) is 0 Å². The Labute approximate surface area is 85.9 Å². The maximum absolute atomic E-state index is 10.9. The average Bonchev–Trinajstić information content (AvgIpc) is 2.85. The van der Waals surface area contributed by atoms with Gasteiger partial charge in [0.1, 0.15) is 11.4 Å². The molecule has 1 atom stereocenters. The molecule has 0 radical (unpaired) electrons. The zero-order valence-corrected chi connectivity index (χ0v) is 8.08. The molecule has 1 unspecified atom stereocenters. The molecule has 0 aliphatic carbocycles. The monoisotopic (exact) mass is 206 g/mol. The Kier molecular flexibility index (Phi) is 2.24. The Hall–Kier alpha value is -2.11. The molecular weight excluding hydrogens is 196 g/mol. The third-order valence-corrected chi connectivity index (χ3v) is 2.12. The summed E-state index contributed by atoms with van der Waals surface area (Å²) in [7, 11) is 1.66. The summed E-state index contributed by atoms with van der Waals surface area (Å²) in [5, 5.41) is 15.7. The second-order valence-corrected chi connectivity index (χ2v) is 3.00. The molecule has 15 heavy (non-hydrogen) atoms. The van der Waals surface area contributed by atoms with Crippen molar-refractivity contribution in [2.24, 2.45) is 4.99 Å². The Bertz CT molecular complexity index is 435. The van der Waals surface area contributed by atoms with Gasteiger partial charge in [0.25, 0.3) is 0 Å². The lowest BCUT2D eigenvalue weighted by Crippen LogP contribution is -2.10. The largest absolute Gasteiger partial charge is 0.477 e. The first kappa shape index (κ1) is 9.45. The van der Waals surface area contributed by atoms with E-state index in [1.54, 1.807) is 19.3 Å². The van der Waals surface area contributed by atoms with Gasteiger partial charge in [0.15, 0.2) is 6.17 Å². The third-order valence-electron chi connectivity index (χ3n) is 2.12. The number of anilines is 1. The van der Waals surface area contributed by atoms with E-state index < -0.39 is 5.97 Å². The van der Waals surface area contributed by atoms with Crippen LogP contribution in [0.2, 0.25) is 0 Å². The number of carboxylic acids is 1. The van der Waals surface area contributed by atoms with E-state index in [1.165, 1.54) is 10.9 Å². The normalized spacial score (nSPS) is 18.3. The molecule has 0 bridgehead atoms. The van der Waals surface area contributed by atoms with Gasteiger partial charge in [0.2, 0.25) is 0 Å². The number of nitrogens with one attached hydrogen (secondary N) is 1. The number of aromatic nitrogens is 2. The lowest BCUT2D eigenvalue weighted by Gasteiger charge is -2.10. The molecular formula is C9H10N4O2. The Morgan fingerprint density at radius 2 is 2.47 bits per heavy atom. The molecule has 0 saturated carbocycles. The van der Waals surface area contributed by atoms with E-state index >= 15 is 0 Å². The number of carbonyl (C=O) groups is 1. The molecule has 2 N–H and O–H groups in total. The molecule has 0 aromatic carbocycles. The summed E-state index contributed by atoms with van der Waals surface area (Å²) in [6.07, 6.45) is 6.36. The van der Waals surface area contributed by atoms with Crippen LogP contribution >= 0.6 is 0 Å². The van der Waals surface area contributed by atoms with Crippen LogP contribution in [0.4, 0.5) is 5.82 Å². The first-order valence-electron chi connectivity index (χ1n) is 4.42. The van der Waals surface area contributed by atoms with E-state index in [0.29, 0.717) is 5.82 Å². The number of aliphatic imine (C=N–C) groups is 1. The van der Waals surface area contributed by atoms with E-state index in [9.17, 15) is 4.79 Å². The number of allylic oxidation sites excluding steroid dienone is 1. The van der Waals surface area contributed by atoms with Crippen LogP contribution < -0.4 is 5.32 Å². The van der Waals surface area contributed by atoms with Crippen LogP contribution in [0, 0.1) is 0 Å². The van der Waals surface area contributed by atoms with Crippen LogP contribution in [-0.4, -0.2) is 34.1 Å². The van der Waals surface area contributed by atoms with Crippen molar-refractivity contribution in [2.45, 2.75) is 6.17 Å². The van der Waals surface area contributed by atoms with E-state index in [0.717, 1.165) is 0 Å². The maximum Gasteiger partial charge on any atom is 0.341 e. The third kappa shape index (κ3) is 1.50. The van der Waals surface area contributed by atoms with Crippen molar-refractivity contribution < 1.29 is 9.90 Å². The zero-order valence-electron chi connectivity index (χ0n) is 8.08. The Morgan fingerprint density at radius 3 is 3.00 bits per heavy atom. The van der Waals surface area contributed by atoms with Crippen molar-refractivity contribution in [3.8, 4) is 0 Å². The molecule has 1 aromatic rings. The van der Waals surface area contributed by atoms with Gasteiger partial charge < -0.3 is 10.4 Å². The highest BCUT2D eigenvalue weighted by Gasteiger charge is 2.19. The average molecular weight is 206 g/mol. The minimum atomic E-state index is -1.00. The summed E-state index contributed by atoms with van der Waals surface area (Å²) in [5.41, 5.74) is 0.146. The minimum absolute atomic E-state index is 0.146. The van der Waals surface area contributed by atoms with Gasteiger partial charge in [-0.25, -0.2) is 9.48 Å². The van der Waals surface area contributed by atoms with Gasteiger partial charge in [-0.2, -0.15) is 5.10 Å². The summed E-state index contributed by atoms with van der Waals surface area (Å²) in [6.45, 7) is 0. The highest BCUT2D eigenvalue weighted by atomic mass is 16.4. The Morgan fingerprint density at radius 1 is 1.67 bits per heavy atom. The number of hydrogen-bond donors (Lipinski definition) is 2. The van der Waals surface area contributed by atoms with Crippen molar-refractivity contribution >= 4 is 18.0 Å². The number of rotatable bonds is 3. The summed E-state index contributed by atoms with van der Waals surface area (Å²) in [6, 6.07) is 0. The second-order valence-electron chi connectivity index (χ2n) is 3.00. The van der Waals surface area contributed by atoms with Crippen molar-refractivity contribution in [3.05, 3.63) is 23.9 Å². The summed E-state index contributed by atoms with van der Waals surface area (Å²) in [5.74, 6) is -0.548. The van der Waals surface area contributed by atoms with Crippen molar-refractivity contribution in [3.63, 3.8) is 0 Å². The van der Waals surface area contributed by atoms with Gasteiger partial charge in [-0.1, -0.05) is 0 Å². The van der Waals surface area contributed by atoms with E-state index in [1.807, 2.05) is 6.08 Å². The summed E-state index contributed by atoms with van der Waals surface area (Å²) < 4.78 is 1.53. The number of aromatic carboxylic acids is 1. The molecule has 1 aliphatic rings. The first-order chi connectivity index (χ1) is 7.24. The lowest BCUT2D eigenvalue weighted by molar-refractivity contribution is 0.0698. The van der Waals surface area contributed by atoms with Gasteiger partial charge >= 0.3 is 5.97 Å². The van der Waals surface area contributed by atoms with Gasteiger partial charge in [0.05, 0.1) is 6.20 Å². The smallest absolute Gasteiger partial charge is 0.341 e. The van der Waals surface area contributed by atoms with Gasteiger partial charge in [-0.05, 0) is 12.2 Å². The van der Waals surface area contributed by atoms with Crippen LogP contribution in [-0.2, 0) is 0 Å². The molecule has 0 amide bonds. The van der Waals surface area contributed by atoms with Crippen LogP contribution in [0.3, 0.4) is 0 Å². The van der Waals surface area contributed by atoms with Crippen molar-refractivity contribution in [1.29, 1.82) is 0 Å². The molecule has 1 aromatic heterocycles. The van der Waals surface area contributed by atoms with Crippen LogP contribution in [0.1, 0.15) is 16.5 Å². The zero-order chi connectivity index (χ0) is 10.8. The molecule has 6 heteroatoms. The van der Waals surface area contributed by atoms with Crippen LogP contribution in [0.5, 0.6) is 0 Å². The molecule has 78 valence electrons. The van der Waals surface area contributed by atoms with Crippen molar-refractivity contribution in [2.75, 3.05) is 12.4 Å². The Balaban J connectivity index is 2.44. The van der Waals surface area contributed by atoms with Gasteiger partial charge in [0, 0.05) is 13.3 Å². The van der Waals surface area contributed by atoms with E-state index in [4.69, 9.17) is 5.11 Å². The number of nitrogens with zero attached hydrogens (tertiary/aromatic N) is 3. The molecule has 0 fully saturated rings. The topological polar surface area (TPSA) is 79.5 Å². The van der Waals surface area contributed by atoms with E-state index in [-0.39, 0.29) is 11.7 Å². The fourth-order valence-corrected chi connectivity index (χ4v) is 1.45. The maximum atomic E-state index is 10.9. The quantitative estimate of drug-likeness (QED) is 0.765. The van der Waals surface area contributed by atoms with Crippen molar-refractivity contribution in [1.82, 2.24) is 9.78 Å². The SMILES string of the molecule is CNc1c(C(=O)O)cnn1C1C=CC=N1. The highest BCUT2D eigenvalue weighted by molar-refractivity contribution is 5.93. The fraction of sp³-hybridized carbons (Fsp3) is 0.222. The minimum Gasteiger partial charge on any atom is -0.477 e. The summed E-state index contributed by atoms with van der Waals surface area (Å²) in [4.78, 5) is 15.0.